The number of hydrogen-bond acceptors (Lipinski definition) is 5. The molecule has 6 heteroatoms. The Morgan fingerprint density at radius 1 is 1.28 bits per heavy atom. The third-order valence-corrected chi connectivity index (χ3v) is 5.46. The molecular weight excluding hydrogens is 318 g/mol. The van der Waals surface area contributed by atoms with Crippen LogP contribution in [0.5, 0.6) is 0 Å². The van der Waals surface area contributed by atoms with Gasteiger partial charge in [0.15, 0.2) is 0 Å². The van der Waals surface area contributed by atoms with E-state index in [1.165, 1.54) is 6.42 Å². The average Bonchev–Trinajstić information content (AvgIpc) is 3.30. The van der Waals surface area contributed by atoms with Gasteiger partial charge < -0.3 is 19.4 Å². The summed E-state index contributed by atoms with van der Waals surface area (Å²) in [6.45, 7) is 7.57. The van der Waals surface area contributed by atoms with Crippen molar-refractivity contribution in [3.63, 3.8) is 0 Å². The van der Waals surface area contributed by atoms with Crippen molar-refractivity contribution >= 4 is 5.91 Å². The Balaban J connectivity index is 1.32. The van der Waals surface area contributed by atoms with E-state index in [9.17, 15) is 4.79 Å². The van der Waals surface area contributed by atoms with E-state index in [-0.39, 0.29) is 11.8 Å². The Morgan fingerprint density at radius 3 is 2.80 bits per heavy atom. The Labute approximate surface area is 150 Å². The molecule has 6 nitrogen and oxygen atoms in total. The minimum Gasteiger partial charge on any atom is -0.468 e. The monoisotopic (exact) mass is 349 g/mol. The number of carbonyl (C=O) groups excluding carboxylic acids is 1. The number of nitrogens with zero attached hydrogens (tertiary/aromatic N) is 2. The highest BCUT2D eigenvalue weighted by Gasteiger charge is 2.27. The van der Waals surface area contributed by atoms with Crippen LogP contribution in [0.15, 0.2) is 22.8 Å². The molecule has 0 radical (unpaired) electrons. The van der Waals surface area contributed by atoms with Crippen LogP contribution in [0.25, 0.3) is 0 Å². The second-order valence-electron chi connectivity index (χ2n) is 7.32. The number of amides is 1. The summed E-state index contributed by atoms with van der Waals surface area (Å²) in [6, 6.07) is 3.94. The number of furan rings is 1. The first kappa shape index (κ1) is 18.4. The molecule has 0 bridgehead atoms. The first-order valence-electron chi connectivity index (χ1n) is 9.48. The lowest BCUT2D eigenvalue weighted by atomic mass is 9.95. The molecule has 2 fully saturated rings. The molecule has 0 aromatic carbocycles. The summed E-state index contributed by atoms with van der Waals surface area (Å²) in [5.41, 5.74) is 0. The molecule has 2 aliphatic rings. The number of carbonyl (C=O) groups is 1. The number of likely N-dealkylation sites (tertiary alicyclic amines) is 2. The van der Waals surface area contributed by atoms with Gasteiger partial charge in [-0.05, 0) is 56.9 Å². The summed E-state index contributed by atoms with van der Waals surface area (Å²) in [4.78, 5) is 17.2. The van der Waals surface area contributed by atoms with Gasteiger partial charge in [-0.3, -0.25) is 9.69 Å². The molecule has 1 aromatic rings. The zero-order valence-corrected chi connectivity index (χ0v) is 15.3. The summed E-state index contributed by atoms with van der Waals surface area (Å²) in [7, 11) is 1.74. The van der Waals surface area contributed by atoms with Gasteiger partial charge in [0.05, 0.1) is 19.4 Å². The fraction of sp³-hybridized carbons (Fsp3) is 0.737. The van der Waals surface area contributed by atoms with Crippen molar-refractivity contribution in [1.29, 1.82) is 0 Å². The smallest absolute Gasteiger partial charge is 0.223 e. The van der Waals surface area contributed by atoms with Gasteiger partial charge in [0, 0.05) is 32.7 Å². The van der Waals surface area contributed by atoms with Gasteiger partial charge in [0.2, 0.25) is 5.91 Å². The summed E-state index contributed by atoms with van der Waals surface area (Å²) < 4.78 is 10.5. The van der Waals surface area contributed by atoms with Crippen molar-refractivity contribution in [2.75, 3.05) is 53.0 Å². The number of nitrogens with one attached hydrogen (secondary N) is 1. The maximum atomic E-state index is 12.5. The Kier molecular flexibility index (Phi) is 6.90. The first-order chi connectivity index (χ1) is 12.2. The number of hydrogen-bond donors (Lipinski definition) is 1. The summed E-state index contributed by atoms with van der Waals surface area (Å²) in [5.74, 6) is 1.99. The van der Waals surface area contributed by atoms with Gasteiger partial charge in [-0.25, -0.2) is 0 Å². The molecule has 0 aliphatic carbocycles. The van der Waals surface area contributed by atoms with E-state index in [0.29, 0.717) is 5.92 Å². The van der Waals surface area contributed by atoms with Crippen molar-refractivity contribution in [3.8, 4) is 0 Å². The van der Waals surface area contributed by atoms with Crippen molar-refractivity contribution in [1.82, 2.24) is 15.1 Å². The van der Waals surface area contributed by atoms with Gasteiger partial charge in [0.1, 0.15) is 5.76 Å². The lowest BCUT2D eigenvalue weighted by Crippen LogP contribution is -2.41. The van der Waals surface area contributed by atoms with Crippen molar-refractivity contribution in [2.45, 2.75) is 25.8 Å². The van der Waals surface area contributed by atoms with Gasteiger partial charge in [0.25, 0.3) is 0 Å². The highest BCUT2D eigenvalue weighted by Crippen LogP contribution is 2.20. The van der Waals surface area contributed by atoms with E-state index in [1.54, 1.807) is 13.4 Å². The predicted molar refractivity (Wildman–Crippen MR) is 96.1 cm³/mol. The largest absolute Gasteiger partial charge is 0.468 e. The number of rotatable bonds is 8. The average molecular weight is 349 g/mol. The van der Waals surface area contributed by atoms with Crippen LogP contribution in [-0.2, 0) is 16.1 Å². The summed E-state index contributed by atoms with van der Waals surface area (Å²) >= 11 is 0. The third-order valence-electron chi connectivity index (χ3n) is 5.46. The lowest BCUT2D eigenvalue weighted by molar-refractivity contribution is -0.126. The SMILES string of the molecule is COCCN1CCC(CNC(=O)C2CCN(Cc3ccco3)CC2)C1. The van der Waals surface area contributed by atoms with E-state index < -0.39 is 0 Å². The van der Waals surface area contributed by atoms with Crippen LogP contribution in [0.4, 0.5) is 0 Å². The molecule has 2 saturated heterocycles. The van der Waals surface area contributed by atoms with Crippen LogP contribution in [0.2, 0.25) is 0 Å². The molecule has 25 heavy (non-hydrogen) atoms. The molecule has 3 rings (SSSR count). The van der Waals surface area contributed by atoms with E-state index in [1.807, 2.05) is 12.1 Å². The molecule has 140 valence electrons. The molecule has 1 amide bonds. The van der Waals surface area contributed by atoms with Crippen LogP contribution in [-0.4, -0.2) is 68.7 Å². The first-order valence-corrected chi connectivity index (χ1v) is 9.48. The second kappa shape index (κ2) is 9.36. The quantitative estimate of drug-likeness (QED) is 0.772. The van der Waals surface area contributed by atoms with Gasteiger partial charge in [-0.1, -0.05) is 0 Å². The van der Waals surface area contributed by atoms with Crippen LogP contribution >= 0.6 is 0 Å². The lowest BCUT2D eigenvalue weighted by Gasteiger charge is -2.30. The number of ether oxygens (including phenoxy) is 1. The minimum absolute atomic E-state index is 0.166. The second-order valence-corrected chi connectivity index (χ2v) is 7.32. The van der Waals surface area contributed by atoms with Gasteiger partial charge >= 0.3 is 0 Å². The fourth-order valence-electron chi connectivity index (χ4n) is 3.87. The van der Waals surface area contributed by atoms with Crippen LogP contribution in [0, 0.1) is 11.8 Å². The van der Waals surface area contributed by atoms with Crippen LogP contribution in [0.3, 0.4) is 0 Å². The van der Waals surface area contributed by atoms with E-state index in [0.717, 1.165) is 71.0 Å². The minimum atomic E-state index is 0.166. The molecule has 3 heterocycles. The van der Waals surface area contributed by atoms with E-state index in [4.69, 9.17) is 9.15 Å². The maximum Gasteiger partial charge on any atom is 0.223 e. The normalized spacial score (nSPS) is 23.2. The fourth-order valence-corrected chi connectivity index (χ4v) is 3.87. The predicted octanol–water partition coefficient (Wildman–Crippen LogP) is 1.58. The maximum absolute atomic E-state index is 12.5. The van der Waals surface area contributed by atoms with Crippen molar-refractivity contribution < 1.29 is 13.9 Å². The molecule has 2 aliphatic heterocycles. The van der Waals surface area contributed by atoms with Gasteiger partial charge in [-0.15, -0.1) is 0 Å². The molecule has 1 N–H and O–H groups in total. The number of methoxy groups -OCH3 is 1. The molecule has 1 aromatic heterocycles. The summed E-state index contributed by atoms with van der Waals surface area (Å²) in [5, 5.41) is 3.20. The molecule has 0 spiro atoms. The highest BCUT2D eigenvalue weighted by atomic mass is 16.5. The molecular formula is C19H31N3O3. The summed E-state index contributed by atoms with van der Waals surface area (Å²) in [6.07, 6.45) is 4.77. The highest BCUT2D eigenvalue weighted by molar-refractivity contribution is 5.78. The molecule has 1 atom stereocenters. The molecule has 1 unspecified atom stereocenters. The van der Waals surface area contributed by atoms with Crippen molar-refractivity contribution in [2.24, 2.45) is 11.8 Å². The standard InChI is InChI=1S/C19H31N3O3/c1-24-12-10-22-7-4-16(14-22)13-20-19(23)17-5-8-21(9-6-17)15-18-3-2-11-25-18/h2-3,11,16-17H,4-10,12-15H2,1H3,(H,20,23). The third kappa shape index (κ3) is 5.56. The Bertz CT molecular complexity index is 512. The Hall–Kier alpha value is -1.37. The van der Waals surface area contributed by atoms with Crippen molar-refractivity contribution in [3.05, 3.63) is 24.2 Å². The van der Waals surface area contributed by atoms with E-state index in [2.05, 4.69) is 15.1 Å². The Morgan fingerprint density at radius 2 is 2.08 bits per heavy atom. The van der Waals surface area contributed by atoms with Crippen LogP contribution < -0.4 is 5.32 Å². The number of piperidine rings is 1. The zero-order valence-electron chi connectivity index (χ0n) is 15.3. The van der Waals surface area contributed by atoms with Gasteiger partial charge in [-0.2, -0.15) is 0 Å². The van der Waals surface area contributed by atoms with E-state index >= 15 is 0 Å². The topological polar surface area (TPSA) is 58.0 Å². The zero-order chi connectivity index (χ0) is 17.5. The molecule has 0 saturated carbocycles. The van der Waals surface area contributed by atoms with Crippen LogP contribution in [0.1, 0.15) is 25.0 Å².